The van der Waals surface area contributed by atoms with Crippen LogP contribution in [0.3, 0.4) is 0 Å². The molecule has 1 aromatic rings. The third kappa shape index (κ3) is 1.93. The van der Waals surface area contributed by atoms with Crippen molar-refractivity contribution in [3.8, 4) is 11.8 Å². The van der Waals surface area contributed by atoms with Crippen LogP contribution in [-0.2, 0) is 0 Å². The SMILES string of the molecule is CC1(C)CC(C#N)c2cc(Cl)ccc2O1. The van der Waals surface area contributed by atoms with Crippen LogP contribution in [0.4, 0.5) is 0 Å². The van der Waals surface area contributed by atoms with Gasteiger partial charge in [0.2, 0.25) is 0 Å². The molecule has 2 nitrogen and oxygen atoms in total. The molecule has 0 aromatic heterocycles. The predicted octanol–water partition coefficient (Wildman–Crippen LogP) is 3.51. The maximum atomic E-state index is 9.11. The van der Waals surface area contributed by atoms with E-state index in [1.165, 1.54) is 0 Å². The van der Waals surface area contributed by atoms with Crippen molar-refractivity contribution in [2.24, 2.45) is 0 Å². The molecular formula is C12H12ClNO. The maximum Gasteiger partial charge on any atom is 0.124 e. The lowest BCUT2D eigenvalue weighted by Crippen LogP contribution is -2.34. The van der Waals surface area contributed by atoms with Crippen LogP contribution >= 0.6 is 11.6 Å². The van der Waals surface area contributed by atoms with Gasteiger partial charge in [-0.15, -0.1) is 0 Å². The second-order valence-electron chi connectivity index (χ2n) is 4.43. The summed E-state index contributed by atoms with van der Waals surface area (Å²) in [6, 6.07) is 7.75. The Morgan fingerprint density at radius 2 is 2.27 bits per heavy atom. The molecule has 0 spiro atoms. The molecule has 0 fully saturated rings. The fourth-order valence-electron chi connectivity index (χ4n) is 1.94. The molecule has 3 heteroatoms. The highest BCUT2D eigenvalue weighted by Gasteiger charge is 2.33. The van der Waals surface area contributed by atoms with Crippen molar-refractivity contribution in [1.29, 1.82) is 5.26 Å². The van der Waals surface area contributed by atoms with Crippen LogP contribution in [0.1, 0.15) is 31.7 Å². The summed E-state index contributed by atoms with van der Waals surface area (Å²) in [5.41, 5.74) is 0.630. The summed E-state index contributed by atoms with van der Waals surface area (Å²) in [6.45, 7) is 3.99. The first-order valence-corrected chi connectivity index (χ1v) is 5.28. The molecule has 1 atom stereocenters. The largest absolute Gasteiger partial charge is 0.487 e. The lowest BCUT2D eigenvalue weighted by atomic mass is 9.85. The van der Waals surface area contributed by atoms with E-state index in [-0.39, 0.29) is 11.5 Å². The molecule has 0 N–H and O–H groups in total. The molecule has 0 saturated carbocycles. The maximum absolute atomic E-state index is 9.11. The van der Waals surface area contributed by atoms with Crippen molar-refractivity contribution in [2.45, 2.75) is 31.8 Å². The average molecular weight is 222 g/mol. The van der Waals surface area contributed by atoms with Crippen molar-refractivity contribution >= 4 is 11.6 Å². The van der Waals surface area contributed by atoms with E-state index >= 15 is 0 Å². The number of rotatable bonds is 0. The highest BCUT2D eigenvalue weighted by molar-refractivity contribution is 6.30. The molecule has 1 unspecified atom stereocenters. The number of ether oxygens (including phenoxy) is 1. The van der Waals surface area contributed by atoms with Gasteiger partial charge in [-0.05, 0) is 32.0 Å². The molecule has 0 radical (unpaired) electrons. The van der Waals surface area contributed by atoms with Crippen molar-refractivity contribution in [3.05, 3.63) is 28.8 Å². The molecule has 0 amide bonds. The number of halogens is 1. The van der Waals surface area contributed by atoms with Crippen molar-refractivity contribution in [2.75, 3.05) is 0 Å². The van der Waals surface area contributed by atoms with Crippen LogP contribution < -0.4 is 4.74 Å². The predicted molar refractivity (Wildman–Crippen MR) is 59.1 cm³/mol. The van der Waals surface area contributed by atoms with Crippen molar-refractivity contribution in [1.82, 2.24) is 0 Å². The lowest BCUT2D eigenvalue weighted by molar-refractivity contribution is 0.0794. The van der Waals surface area contributed by atoms with Gasteiger partial charge in [-0.2, -0.15) is 5.26 Å². The Labute approximate surface area is 94.4 Å². The number of benzene rings is 1. The van der Waals surface area contributed by atoms with Crippen LogP contribution in [0.15, 0.2) is 18.2 Å². The van der Waals surface area contributed by atoms with Crippen LogP contribution in [0.2, 0.25) is 5.02 Å². The summed E-state index contributed by atoms with van der Waals surface area (Å²) < 4.78 is 5.80. The zero-order valence-electron chi connectivity index (χ0n) is 8.75. The number of hydrogen-bond donors (Lipinski definition) is 0. The molecule has 2 rings (SSSR count). The van der Waals surface area contributed by atoms with Gasteiger partial charge in [0.25, 0.3) is 0 Å². The highest BCUT2D eigenvalue weighted by Crippen LogP contribution is 2.41. The Morgan fingerprint density at radius 3 is 2.93 bits per heavy atom. The summed E-state index contributed by atoms with van der Waals surface area (Å²) in [4.78, 5) is 0. The van der Waals surface area contributed by atoms with Gasteiger partial charge in [0, 0.05) is 17.0 Å². The zero-order valence-corrected chi connectivity index (χ0v) is 9.51. The summed E-state index contributed by atoms with van der Waals surface area (Å²) in [7, 11) is 0. The first kappa shape index (κ1) is 10.3. The Hall–Kier alpha value is -1.20. The van der Waals surface area contributed by atoms with E-state index in [9.17, 15) is 0 Å². The lowest BCUT2D eigenvalue weighted by Gasteiger charge is -2.35. The summed E-state index contributed by atoms with van der Waals surface area (Å²) in [5, 5.41) is 9.76. The van der Waals surface area contributed by atoms with E-state index < -0.39 is 0 Å². The topological polar surface area (TPSA) is 33.0 Å². The van der Waals surface area contributed by atoms with Gasteiger partial charge in [-0.25, -0.2) is 0 Å². The summed E-state index contributed by atoms with van der Waals surface area (Å²) in [6.07, 6.45) is 0.705. The Kier molecular flexibility index (Phi) is 2.36. The summed E-state index contributed by atoms with van der Waals surface area (Å²) >= 11 is 5.91. The standard InChI is InChI=1S/C12H12ClNO/c1-12(2)6-8(7-14)10-5-9(13)3-4-11(10)15-12/h3-5,8H,6H2,1-2H3. The minimum atomic E-state index is -0.277. The fourth-order valence-corrected chi connectivity index (χ4v) is 2.12. The van der Waals surface area contributed by atoms with Crippen LogP contribution in [0.25, 0.3) is 0 Å². The van der Waals surface area contributed by atoms with E-state index in [4.69, 9.17) is 21.6 Å². The number of nitrogens with zero attached hydrogens (tertiary/aromatic N) is 1. The molecule has 78 valence electrons. The third-order valence-electron chi connectivity index (χ3n) is 2.59. The Balaban J connectivity index is 2.50. The van der Waals surface area contributed by atoms with Crippen molar-refractivity contribution < 1.29 is 4.74 Å². The van der Waals surface area contributed by atoms with Crippen molar-refractivity contribution in [3.63, 3.8) is 0 Å². The first-order chi connectivity index (χ1) is 7.02. The average Bonchev–Trinajstić information content (AvgIpc) is 2.16. The van der Waals surface area contributed by atoms with Gasteiger partial charge < -0.3 is 4.74 Å². The van der Waals surface area contributed by atoms with E-state index in [0.717, 1.165) is 11.3 Å². The monoisotopic (exact) mass is 221 g/mol. The molecule has 1 heterocycles. The first-order valence-electron chi connectivity index (χ1n) is 4.90. The molecule has 0 bridgehead atoms. The number of fused-ring (bicyclic) bond motifs is 1. The van der Waals surface area contributed by atoms with E-state index in [1.807, 2.05) is 26.0 Å². The second-order valence-corrected chi connectivity index (χ2v) is 4.87. The van der Waals surface area contributed by atoms with E-state index in [0.29, 0.717) is 11.4 Å². The van der Waals surface area contributed by atoms with Crippen LogP contribution in [0.5, 0.6) is 5.75 Å². The normalized spacial score (nSPS) is 22.4. The van der Waals surface area contributed by atoms with E-state index in [2.05, 4.69) is 6.07 Å². The minimum absolute atomic E-state index is 0.123. The van der Waals surface area contributed by atoms with Crippen LogP contribution in [0, 0.1) is 11.3 Å². The van der Waals surface area contributed by atoms with Gasteiger partial charge in [-0.3, -0.25) is 0 Å². The fraction of sp³-hybridized carbons (Fsp3) is 0.417. The van der Waals surface area contributed by atoms with Gasteiger partial charge >= 0.3 is 0 Å². The molecule has 0 aliphatic carbocycles. The molecule has 1 aromatic carbocycles. The van der Waals surface area contributed by atoms with E-state index in [1.54, 1.807) is 6.07 Å². The van der Waals surface area contributed by atoms with Gasteiger partial charge in [0.1, 0.15) is 11.4 Å². The number of hydrogen-bond acceptors (Lipinski definition) is 2. The molecule has 15 heavy (non-hydrogen) atoms. The van der Waals surface area contributed by atoms with Gasteiger partial charge in [0.15, 0.2) is 0 Å². The van der Waals surface area contributed by atoms with Gasteiger partial charge in [-0.1, -0.05) is 11.6 Å². The van der Waals surface area contributed by atoms with Crippen LogP contribution in [-0.4, -0.2) is 5.60 Å². The Bertz CT molecular complexity index is 434. The molecular weight excluding hydrogens is 210 g/mol. The molecule has 1 aliphatic heterocycles. The minimum Gasteiger partial charge on any atom is -0.487 e. The highest BCUT2D eigenvalue weighted by atomic mass is 35.5. The molecule has 1 aliphatic rings. The van der Waals surface area contributed by atoms with Gasteiger partial charge in [0.05, 0.1) is 12.0 Å². The zero-order chi connectivity index (χ0) is 11.1. The quantitative estimate of drug-likeness (QED) is 0.672. The second kappa shape index (κ2) is 3.43. The summed E-state index contributed by atoms with van der Waals surface area (Å²) in [5.74, 6) is 0.657. The smallest absolute Gasteiger partial charge is 0.124 e. The molecule has 0 saturated heterocycles. The number of nitriles is 1. The third-order valence-corrected chi connectivity index (χ3v) is 2.82. The Morgan fingerprint density at radius 1 is 1.53 bits per heavy atom.